The van der Waals surface area contributed by atoms with Crippen molar-refractivity contribution in [1.29, 1.82) is 0 Å². The zero-order chi connectivity index (χ0) is 47.3. The second kappa shape index (κ2) is 16.2. The first-order chi connectivity index (χ1) is 35.7. The molecule has 0 bridgehead atoms. The largest absolute Gasteiger partial charge is 0.310 e. The molecule has 3 nitrogen and oxygen atoms in total. The molecule has 0 fully saturated rings. The summed E-state index contributed by atoms with van der Waals surface area (Å²) in [7, 11) is 0. The number of anilines is 6. The Bertz CT molecular complexity index is 4220. The number of para-hydroxylation sites is 3. The van der Waals surface area contributed by atoms with E-state index in [-0.39, 0.29) is 0 Å². The predicted molar refractivity (Wildman–Crippen MR) is 304 cm³/mol. The zero-order valence-electron chi connectivity index (χ0n) is 39.0. The molecular formula is C67H43N3S2. The fraction of sp³-hybridized carbons (Fsp3) is 0.0149. The van der Waals surface area contributed by atoms with Gasteiger partial charge in [-0.15, -0.1) is 11.3 Å². The number of rotatable bonds is 7. The monoisotopic (exact) mass is 953 g/mol. The van der Waals surface area contributed by atoms with Gasteiger partial charge in [-0.2, -0.15) is 0 Å². The molecule has 0 unspecified atom stereocenters. The van der Waals surface area contributed by atoms with Crippen molar-refractivity contribution in [2.75, 3.05) is 9.80 Å². The van der Waals surface area contributed by atoms with Crippen LogP contribution in [0.1, 0.15) is 22.3 Å². The van der Waals surface area contributed by atoms with Gasteiger partial charge in [0.1, 0.15) is 0 Å². The molecular weight excluding hydrogens is 911 g/mol. The van der Waals surface area contributed by atoms with Crippen molar-refractivity contribution < 1.29 is 0 Å². The van der Waals surface area contributed by atoms with Crippen molar-refractivity contribution in [3.8, 4) is 16.8 Å². The first-order valence-corrected chi connectivity index (χ1v) is 26.2. The van der Waals surface area contributed by atoms with Gasteiger partial charge < -0.3 is 14.4 Å². The van der Waals surface area contributed by atoms with Crippen LogP contribution in [0, 0.1) is 0 Å². The summed E-state index contributed by atoms with van der Waals surface area (Å²) in [6.45, 7) is 0. The molecule has 0 atom stereocenters. The maximum absolute atomic E-state index is 2.54. The van der Waals surface area contributed by atoms with E-state index < -0.39 is 5.41 Å². The molecule has 0 saturated carbocycles. The second-order valence-electron chi connectivity index (χ2n) is 18.8. The second-order valence-corrected chi connectivity index (χ2v) is 20.9. The lowest BCUT2D eigenvalue weighted by molar-refractivity contribution is 0.722. The van der Waals surface area contributed by atoms with Crippen LogP contribution in [-0.2, 0) is 5.41 Å². The number of aromatic nitrogens is 1. The van der Waals surface area contributed by atoms with Gasteiger partial charge in [0.15, 0.2) is 0 Å². The van der Waals surface area contributed by atoms with Gasteiger partial charge in [-0.05, 0) is 130 Å². The molecule has 1 aliphatic carbocycles. The molecule has 5 heteroatoms. The van der Waals surface area contributed by atoms with Gasteiger partial charge in [-0.25, -0.2) is 0 Å². The van der Waals surface area contributed by atoms with E-state index in [2.05, 4.69) is 275 Å². The van der Waals surface area contributed by atoms with Crippen LogP contribution in [0.25, 0.3) is 58.8 Å². The molecule has 2 aromatic heterocycles. The average Bonchev–Trinajstić information content (AvgIpc) is 4.09. The highest BCUT2D eigenvalue weighted by molar-refractivity contribution is 7.99. The summed E-state index contributed by atoms with van der Waals surface area (Å²) in [5.74, 6) is 0. The lowest BCUT2D eigenvalue weighted by Crippen LogP contribution is -2.32. The summed E-state index contributed by atoms with van der Waals surface area (Å²) in [6, 6.07) is 96.4. The summed E-state index contributed by atoms with van der Waals surface area (Å²) in [4.78, 5) is 7.48. The van der Waals surface area contributed by atoms with Crippen LogP contribution >= 0.6 is 23.1 Å². The first kappa shape index (κ1) is 41.2. The lowest BCUT2D eigenvalue weighted by Gasteiger charge is -2.41. The Labute approximate surface area is 426 Å². The van der Waals surface area contributed by atoms with E-state index >= 15 is 0 Å². The van der Waals surface area contributed by atoms with E-state index in [1.165, 1.54) is 85.1 Å². The fourth-order valence-corrected chi connectivity index (χ4v) is 14.6. The Hall–Kier alpha value is -8.61. The quantitative estimate of drug-likeness (QED) is 0.158. The molecule has 1 spiro atoms. The number of benzene rings is 11. The molecule has 1 aliphatic heterocycles. The van der Waals surface area contributed by atoms with Crippen molar-refractivity contribution in [2.45, 2.75) is 15.2 Å². The van der Waals surface area contributed by atoms with Crippen molar-refractivity contribution in [1.82, 2.24) is 4.57 Å². The van der Waals surface area contributed by atoms with Crippen molar-refractivity contribution >= 4 is 99.2 Å². The minimum atomic E-state index is -0.496. The molecule has 11 aromatic carbocycles. The molecule has 3 heterocycles. The maximum atomic E-state index is 2.54. The van der Waals surface area contributed by atoms with E-state index in [1.807, 2.05) is 23.1 Å². The lowest BCUT2D eigenvalue weighted by atomic mass is 9.67. The van der Waals surface area contributed by atoms with Gasteiger partial charge in [-0.1, -0.05) is 176 Å². The van der Waals surface area contributed by atoms with E-state index in [0.717, 1.165) is 39.8 Å². The zero-order valence-corrected chi connectivity index (χ0v) is 40.6. The molecule has 338 valence electrons. The molecule has 0 radical (unpaired) electrons. The highest BCUT2D eigenvalue weighted by Gasteiger charge is 2.50. The smallest absolute Gasteiger partial charge is 0.0736 e. The number of hydrogen-bond donors (Lipinski definition) is 0. The summed E-state index contributed by atoms with van der Waals surface area (Å²) in [6.07, 6.45) is 0. The number of fused-ring (bicyclic) bond motifs is 15. The SMILES string of the molecule is c1ccc(N(c2ccc(N(c3cccc4c3Sc3ccccc3C43c4ccccc4-c4ccccc43)c3cccc4c3sc3ccccc34)cc2)c2ccc3c(c2)c2ccccc2n3-c2ccccc2)cc1. The molecule has 72 heavy (non-hydrogen) atoms. The Balaban J connectivity index is 0.943. The third-order valence-corrected chi connectivity index (χ3v) is 17.4. The highest BCUT2D eigenvalue weighted by Crippen LogP contribution is 2.64. The van der Waals surface area contributed by atoms with Gasteiger partial charge >= 0.3 is 0 Å². The fourth-order valence-electron chi connectivity index (χ4n) is 12.1. The minimum absolute atomic E-state index is 0.496. The number of thiophene rings is 1. The minimum Gasteiger partial charge on any atom is -0.310 e. The Morgan fingerprint density at radius 2 is 0.889 bits per heavy atom. The summed E-state index contributed by atoms with van der Waals surface area (Å²) < 4.78 is 4.93. The van der Waals surface area contributed by atoms with E-state index in [4.69, 9.17) is 0 Å². The molecule has 0 amide bonds. The van der Waals surface area contributed by atoms with Crippen molar-refractivity contribution in [3.63, 3.8) is 0 Å². The van der Waals surface area contributed by atoms with Crippen LogP contribution in [0.3, 0.4) is 0 Å². The highest BCUT2D eigenvalue weighted by atomic mass is 32.2. The van der Waals surface area contributed by atoms with Crippen LogP contribution in [0.2, 0.25) is 0 Å². The topological polar surface area (TPSA) is 11.4 Å². The molecule has 13 aromatic rings. The molecule has 0 saturated heterocycles. The molecule has 0 N–H and O–H groups in total. The normalized spacial score (nSPS) is 13.1. The van der Waals surface area contributed by atoms with Gasteiger partial charge in [-0.3, -0.25) is 0 Å². The van der Waals surface area contributed by atoms with Crippen LogP contribution in [0.5, 0.6) is 0 Å². The van der Waals surface area contributed by atoms with E-state index in [0.29, 0.717) is 0 Å². The van der Waals surface area contributed by atoms with Gasteiger partial charge in [0.25, 0.3) is 0 Å². The Morgan fingerprint density at radius 1 is 0.347 bits per heavy atom. The Morgan fingerprint density at radius 3 is 1.67 bits per heavy atom. The summed E-state index contributed by atoms with van der Waals surface area (Å²) in [5.41, 5.74) is 17.6. The third kappa shape index (κ3) is 5.99. The number of hydrogen-bond acceptors (Lipinski definition) is 4. The average molecular weight is 954 g/mol. The van der Waals surface area contributed by atoms with Gasteiger partial charge in [0, 0.05) is 64.5 Å². The predicted octanol–water partition coefficient (Wildman–Crippen LogP) is 18.9. The number of nitrogens with zero attached hydrogens (tertiary/aromatic N) is 3. The van der Waals surface area contributed by atoms with Crippen LogP contribution < -0.4 is 9.80 Å². The van der Waals surface area contributed by atoms with E-state index in [9.17, 15) is 0 Å². The first-order valence-electron chi connectivity index (χ1n) is 24.6. The van der Waals surface area contributed by atoms with E-state index in [1.54, 1.807) is 0 Å². The summed E-state index contributed by atoms with van der Waals surface area (Å²) in [5, 5.41) is 5.00. The van der Waals surface area contributed by atoms with Gasteiger partial charge in [0.2, 0.25) is 0 Å². The van der Waals surface area contributed by atoms with Crippen LogP contribution in [0.15, 0.2) is 271 Å². The molecule has 15 rings (SSSR count). The van der Waals surface area contributed by atoms with Crippen molar-refractivity contribution in [3.05, 3.63) is 283 Å². The van der Waals surface area contributed by atoms with Gasteiger partial charge in [0.05, 0.1) is 32.5 Å². The van der Waals surface area contributed by atoms with Crippen LogP contribution in [0.4, 0.5) is 34.1 Å². The molecule has 2 aliphatic rings. The standard InChI is InChI=1S/C67H43N3S2/c1-3-19-44(20-4-1)68(48-41-42-60-54(43-48)51-25-9-14-32-59(51)69(60)45-21-5-2-6-22-45)46-37-39-47(40-38-46)70(61-33-17-27-53-52-26-10-15-35-63(52)71-65(53)61)62-34-18-31-58-66(62)72-64-36-16-13-30-57(64)67(58)55-28-11-7-23-49(55)50-24-8-12-29-56(50)67/h1-43H. The summed E-state index contributed by atoms with van der Waals surface area (Å²) >= 11 is 3.78. The maximum Gasteiger partial charge on any atom is 0.0736 e. The van der Waals surface area contributed by atoms with Crippen LogP contribution in [-0.4, -0.2) is 4.57 Å². The van der Waals surface area contributed by atoms with Crippen molar-refractivity contribution in [2.24, 2.45) is 0 Å². The Kier molecular flexibility index (Phi) is 9.28. The third-order valence-electron chi connectivity index (χ3n) is 15.0.